The molecule has 0 unspecified atom stereocenters. The van der Waals surface area contributed by atoms with Gasteiger partial charge in [-0.2, -0.15) is 5.10 Å². The molecule has 10 nitrogen and oxygen atoms in total. The minimum atomic E-state index is -4.21. The minimum absolute atomic E-state index is 0.0703. The van der Waals surface area contributed by atoms with Crippen LogP contribution in [0.5, 0.6) is 17.2 Å². The van der Waals surface area contributed by atoms with E-state index in [2.05, 4.69) is 47.1 Å². The summed E-state index contributed by atoms with van der Waals surface area (Å²) >= 11 is 0. The van der Waals surface area contributed by atoms with Crippen molar-refractivity contribution in [3.05, 3.63) is 94.8 Å². The fourth-order valence-electron chi connectivity index (χ4n) is 4.81. The normalized spacial score (nSPS) is 11.4. The highest BCUT2D eigenvalue weighted by molar-refractivity contribution is 7.92. The van der Waals surface area contributed by atoms with Gasteiger partial charge in [-0.05, 0) is 100 Å². The van der Waals surface area contributed by atoms with Crippen molar-refractivity contribution in [3.63, 3.8) is 0 Å². The highest BCUT2D eigenvalue weighted by Gasteiger charge is 2.28. The van der Waals surface area contributed by atoms with Gasteiger partial charge in [0, 0.05) is 28.7 Å². The maximum absolute atomic E-state index is 13.9. The van der Waals surface area contributed by atoms with Crippen LogP contribution in [-0.4, -0.2) is 52.5 Å². The van der Waals surface area contributed by atoms with Crippen molar-refractivity contribution in [1.82, 2.24) is 9.99 Å². The lowest BCUT2D eigenvalue weighted by molar-refractivity contribution is -0.119. The first-order valence-electron chi connectivity index (χ1n) is 14.1. The first-order valence-corrected chi connectivity index (χ1v) is 15.5. The molecule has 0 aliphatic rings. The Kier molecular flexibility index (Phi) is 10.00. The molecule has 0 saturated heterocycles. The van der Waals surface area contributed by atoms with Crippen LogP contribution in [0.2, 0.25) is 0 Å². The van der Waals surface area contributed by atoms with Gasteiger partial charge in [-0.25, -0.2) is 13.8 Å². The zero-order chi connectivity index (χ0) is 32.0. The van der Waals surface area contributed by atoms with E-state index in [-0.39, 0.29) is 16.3 Å². The number of carbonyl (C=O) groups is 1. The second-order valence-corrected chi connectivity index (χ2v) is 12.0. The molecule has 0 spiro atoms. The van der Waals surface area contributed by atoms with Crippen molar-refractivity contribution in [1.29, 1.82) is 0 Å². The molecule has 1 amide bonds. The molecule has 232 valence electrons. The molecule has 0 atom stereocenters. The summed E-state index contributed by atoms with van der Waals surface area (Å²) < 4.78 is 47.0. The fourth-order valence-corrected chi connectivity index (χ4v) is 6.25. The summed E-state index contributed by atoms with van der Waals surface area (Å²) in [6.45, 7) is 9.93. The van der Waals surface area contributed by atoms with E-state index in [9.17, 15) is 13.2 Å². The Morgan fingerprint density at radius 3 is 2.25 bits per heavy atom. The van der Waals surface area contributed by atoms with Crippen molar-refractivity contribution in [2.45, 2.75) is 39.5 Å². The van der Waals surface area contributed by atoms with Gasteiger partial charge in [0.15, 0.2) is 11.5 Å². The molecule has 4 rings (SSSR count). The maximum atomic E-state index is 13.9. The predicted octanol–water partition coefficient (Wildman–Crippen LogP) is 5.47. The number of sulfonamides is 1. The minimum Gasteiger partial charge on any atom is -0.494 e. The number of hydrogen-bond donors (Lipinski definition) is 1. The van der Waals surface area contributed by atoms with Gasteiger partial charge >= 0.3 is 0 Å². The third-order valence-corrected chi connectivity index (χ3v) is 9.05. The van der Waals surface area contributed by atoms with E-state index in [4.69, 9.17) is 14.2 Å². The van der Waals surface area contributed by atoms with Crippen molar-refractivity contribution in [2.75, 3.05) is 31.7 Å². The van der Waals surface area contributed by atoms with E-state index < -0.39 is 22.5 Å². The molecule has 0 fully saturated rings. The van der Waals surface area contributed by atoms with Gasteiger partial charge in [0.1, 0.15) is 12.3 Å². The molecule has 1 N–H and O–H groups in total. The summed E-state index contributed by atoms with van der Waals surface area (Å²) in [5.74, 6) is 0.574. The number of hydrogen-bond acceptors (Lipinski definition) is 7. The Balaban J connectivity index is 1.59. The number of ether oxygens (including phenoxy) is 3. The Morgan fingerprint density at radius 1 is 0.909 bits per heavy atom. The number of anilines is 1. The number of carbonyl (C=O) groups excluding carboxylic acids is 1. The van der Waals surface area contributed by atoms with Crippen LogP contribution in [0, 0.1) is 27.7 Å². The average Bonchev–Trinajstić information content (AvgIpc) is 3.29. The molecule has 3 aromatic carbocycles. The maximum Gasteiger partial charge on any atom is 0.264 e. The molecular formula is C33H38N4O6S. The molecule has 0 aliphatic heterocycles. The molecule has 1 aromatic heterocycles. The lowest BCUT2D eigenvalue weighted by Crippen LogP contribution is -2.39. The molecule has 1 heterocycles. The van der Waals surface area contributed by atoms with E-state index in [1.54, 1.807) is 30.5 Å². The van der Waals surface area contributed by atoms with E-state index in [0.29, 0.717) is 18.1 Å². The molecule has 0 bridgehead atoms. The number of benzene rings is 3. The Hall–Kier alpha value is -4.77. The number of rotatable bonds is 12. The average molecular weight is 619 g/mol. The SMILES string of the molecule is CCOc1ccc(N(CC(=O)N/N=C\c2cc(C)n(-c3ccc(C)c(C)c3)c2C)S(=O)(=O)c2ccc(OC)c(OC)c2)cc1. The van der Waals surface area contributed by atoms with Crippen LogP contribution in [0.4, 0.5) is 5.69 Å². The highest BCUT2D eigenvalue weighted by Crippen LogP contribution is 2.32. The molecule has 44 heavy (non-hydrogen) atoms. The predicted molar refractivity (Wildman–Crippen MR) is 172 cm³/mol. The van der Waals surface area contributed by atoms with Gasteiger partial charge in [0.05, 0.1) is 37.6 Å². The van der Waals surface area contributed by atoms with E-state index in [1.807, 2.05) is 26.8 Å². The number of nitrogens with zero attached hydrogens (tertiary/aromatic N) is 3. The Labute approximate surface area is 258 Å². The topological polar surface area (TPSA) is 111 Å². The second kappa shape index (κ2) is 13.7. The third kappa shape index (κ3) is 6.89. The van der Waals surface area contributed by atoms with Gasteiger partial charge in [0.25, 0.3) is 15.9 Å². The van der Waals surface area contributed by atoms with Crippen molar-refractivity contribution >= 4 is 27.8 Å². The van der Waals surface area contributed by atoms with Gasteiger partial charge in [-0.15, -0.1) is 0 Å². The number of hydrazone groups is 1. The standard InChI is InChI=1S/C33H38N4O6S/c1-8-43-29-13-11-27(12-14-29)36(44(39,40)30-15-16-31(41-6)32(19-30)42-7)21-33(38)35-34-20-26-18-24(4)37(25(26)5)28-10-9-22(2)23(3)17-28/h9-20H,8,21H2,1-7H3,(H,35,38)/b34-20-. The van der Waals surface area contributed by atoms with Crippen LogP contribution >= 0.6 is 0 Å². The first kappa shape index (κ1) is 32.2. The van der Waals surface area contributed by atoms with Crippen molar-refractivity contribution < 1.29 is 27.4 Å². The number of nitrogens with one attached hydrogen (secondary N) is 1. The molecule has 0 saturated carbocycles. The second-order valence-electron chi connectivity index (χ2n) is 10.2. The number of amides is 1. The van der Waals surface area contributed by atoms with Crippen LogP contribution in [0.1, 0.15) is 35.0 Å². The zero-order valence-corrected chi connectivity index (χ0v) is 26.9. The zero-order valence-electron chi connectivity index (χ0n) is 26.0. The number of aromatic nitrogens is 1. The quantitative estimate of drug-likeness (QED) is 0.167. The lowest BCUT2D eigenvalue weighted by atomic mass is 10.1. The summed E-state index contributed by atoms with van der Waals surface area (Å²) in [5.41, 5.74) is 9.00. The number of methoxy groups -OCH3 is 2. The molecule has 4 aromatic rings. The smallest absolute Gasteiger partial charge is 0.264 e. The van der Waals surface area contributed by atoms with Crippen LogP contribution in [0.15, 0.2) is 76.7 Å². The van der Waals surface area contributed by atoms with E-state index >= 15 is 0 Å². The summed E-state index contributed by atoms with van der Waals surface area (Å²) in [4.78, 5) is 13.1. The van der Waals surface area contributed by atoms with Gasteiger partial charge in [0.2, 0.25) is 0 Å². The van der Waals surface area contributed by atoms with Gasteiger partial charge < -0.3 is 18.8 Å². The van der Waals surface area contributed by atoms with Crippen LogP contribution in [-0.2, 0) is 14.8 Å². The van der Waals surface area contributed by atoms with E-state index in [1.165, 1.54) is 43.5 Å². The number of aryl methyl sites for hydroxylation is 3. The lowest BCUT2D eigenvalue weighted by Gasteiger charge is -2.24. The van der Waals surface area contributed by atoms with E-state index in [0.717, 1.165) is 26.9 Å². The third-order valence-electron chi connectivity index (χ3n) is 7.28. The van der Waals surface area contributed by atoms with Crippen molar-refractivity contribution in [3.8, 4) is 22.9 Å². The first-order chi connectivity index (χ1) is 21.0. The fraction of sp³-hybridized carbons (Fsp3) is 0.273. The Bertz CT molecular complexity index is 1780. The van der Waals surface area contributed by atoms with Crippen LogP contribution in [0.25, 0.3) is 5.69 Å². The summed E-state index contributed by atoms with van der Waals surface area (Å²) in [6.07, 6.45) is 1.56. The van der Waals surface area contributed by atoms with Crippen molar-refractivity contribution in [2.24, 2.45) is 5.10 Å². The largest absolute Gasteiger partial charge is 0.494 e. The monoisotopic (exact) mass is 618 g/mol. The van der Waals surface area contributed by atoms with Crippen LogP contribution < -0.4 is 23.9 Å². The van der Waals surface area contributed by atoms with Gasteiger partial charge in [-0.3, -0.25) is 9.10 Å². The summed E-state index contributed by atoms with van der Waals surface area (Å²) in [5, 5.41) is 4.16. The summed E-state index contributed by atoms with van der Waals surface area (Å²) in [7, 11) is -1.33. The highest BCUT2D eigenvalue weighted by atomic mass is 32.2. The molecular weight excluding hydrogens is 580 g/mol. The molecule has 0 aliphatic carbocycles. The summed E-state index contributed by atoms with van der Waals surface area (Å²) in [6, 6.07) is 19.0. The van der Waals surface area contributed by atoms with Crippen LogP contribution in [0.3, 0.4) is 0 Å². The Morgan fingerprint density at radius 2 is 1.61 bits per heavy atom. The molecule has 11 heteroatoms. The van der Waals surface area contributed by atoms with Gasteiger partial charge in [-0.1, -0.05) is 6.07 Å². The molecule has 0 radical (unpaired) electrons.